The van der Waals surface area contributed by atoms with Crippen LogP contribution in [0.5, 0.6) is 0 Å². The van der Waals surface area contributed by atoms with Gasteiger partial charge >= 0.3 is 0 Å². The van der Waals surface area contributed by atoms with Crippen molar-refractivity contribution in [1.29, 1.82) is 0 Å². The van der Waals surface area contributed by atoms with Gasteiger partial charge in [-0.1, -0.05) is 12.1 Å². The van der Waals surface area contributed by atoms with Crippen LogP contribution >= 0.6 is 0 Å². The Hall–Kier alpha value is -1.92. The predicted octanol–water partition coefficient (Wildman–Crippen LogP) is 1.53. The number of nitrogens with zero attached hydrogens (tertiary/aromatic N) is 1. The van der Waals surface area contributed by atoms with E-state index in [9.17, 15) is 8.42 Å². The molecule has 0 aliphatic carbocycles. The van der Waals surface area contributed by atoms with E-state index in [1.54, 1.807) is 18.3 Å². The Morgan fingerprint density at radius 1 is 1.20 bits per heavy atom. The second-order valence-electron chi connectivity index (χ2n) is 4.66. The quantitative estimate of drug-likeness (QED) is 0.899. The first-order chi connectivity index (χ1) is 9.67. The van der Waals surface area contributed by atoms with Gasteiger partial charge in [-0.05, 0) is 42.3 Å². The zero-order chi connectivity index (χ0) is 14.0. The van der Waals surface area contributed by atoms with E-state index in [4.69, 9.17) is 0 Å². The highest BCUT2D eigenvalue weighted by Gasteiger charge is 2.18. The van der Waals surface area contributed by atoms with Crippen LogP contribution in [0.3, 0.4) is 0 Å². The van der Waals surface area contributed by atoms with Crippen LogP contribution in [0.1, 0.15) is 11.1 Å². The second kappa shape index (κ2) is 5.22. The lowest BCUT2D eigenvalue weighted by molar-refractivity contribution is 0.600. The van der Waals surface area contributed by atoms with Crippen LogP contribution in [0.15, 0.2) is 47.6 Å². The molecule has 1 aromatic heterocycles. The molecule has 1 aliphatic rings. The van der Waals surface area contributed by atoms with Crippen LogP contribution < -0.4 is 10.0 Å². The fourth-order valence-electron chi connectivity index (χ4n) is 2.34. The summed E-state index contributed by atoms with van der Waals surface area (Å²) in [6, 6.07) is 8.83. The summed E-state index contributed by atoms with van der Waals surface area (Å²) < 4.78 is 27.3. The molecule has 0 radical (unpaired) electrons. The standard InChI is InChI=1S/C14H15N3O2S/c18-20(19,12-4-2-7-15-10-12)17-14-5-1-3-11-9-16-8-6-13(11)14/h1-5,7,10,16-17H,6,8-9H2. The predicted molar refractivity (Wildman–Crippen MR) is 76.9 cm³/mol. The molecular weight excluding hydrogens is 274 g/mol. The monoisotopic (exact) mass is 289 g/mol. The summed E-state index contributed by atoms with van der Waals surface area (Å²) in [5.74, 6) is 0. The molecular formula is C14H15N3O2S. The summed E-state index contributed by atoms with van der Waals surface area (Å²) in [5.41, 5.74) is 2.87. The number of hydrogen-bond donors (Lipinski definition) is 2. The van der Waals surface area contributed by atoms with E-state index in [2.05, 4.69) is 15.0 Å². The number of fused-ring (bicyclic) bond motifs is 1. The van der Waals surface area contributed by atoms with Crippen LogP contribution in [0.4, 0.5) is 5.69 Å². The smallest absolute Gasteiger partial charge is 0.263 e. The molecule has 0 saturated carbocycles. The van der Waals surface area contributed by atoms with E-state index < -0.39 is 10.0 Å². The van der Waals surface area contributed by atoms with Gasteiger partial charge in [-0.2, -0.15) is 0 Å². The van der Waals surface area contributed by atoms with Crippen molar-refractivity contribution >= 4 is 15.7 Å². The van der Waals surface area contributed by atoms with Crippen molar-refractivity contribution < 1.29 is 8.42 Å². The number of nitrogens with one attached hydrogen (secondary N) is 2. The fourth-order valence-corrected chi connectivity index (χ4v) is 3.39. The highest BCUT2D eigenvalue weighted by Crippen LogP contribution is 2.25. The van der Waals surface area contributed by atoms with Gasteiger partial charge in [-0.3, -0.25) is 9.71 Å². The van der Waals surface area contributed by atoms with Crippen molar-refractivity contribution in [3.05, 3.63) is 53.9 Å². The van der Waals surface area contributed by atoms with Gasteiger partial charge in [0.1, 0.15) is 4.90 Å². The molecule has 6 heteroatoms. The van der Waals surface area contributed by atoms with E-state index in [0.29, 0.717) is 5.69 Å². The lowest BCUT2D eigenvalue weighted by atomic mass is 9.99. The summed E-state index contributed by atoms with van der Waals surface area (Å²) in [6.07, 6.45) is 3.72. The zero-order valence-corrected chi connectivity index (χ0v) is 11.7. The number of benzene rings is 1. The van der Waals surface area contributed by atoms with Gasteiger partial charge in [0.15, 0.2) is 0 Å². The SMILES string of the molecule is O=S(=O)(Nc1cccc2c1CCNC2)c1cccnc1. The maximum atomic E-state index is 12.3. The number of pyridine rings is 1. The summed E-state index contributed by atoms with van der Waals surface area (Å²) in [5, 5.41) is 3.28. The summed E-state index contributed by atoms with van der Waals surface area (Å²) >= 11 is 0. The Labute approximate surface area is 118 Å². The van der Waals surface area contributed by atoms with E-state index in [1.807, 2.05) is 12.1 Å². The van der Waals surface area contributed by atoms with E-state index in [-0.39, 0.29) is 4.90 Å². The largest absolute Gasteiger partial charge is 0.312 e. The molecule has 20 heavy (non-hydrogen) atoms. The number of anilines is 1. The Morgan fingerprint density at radius 3 is 2.90 bits per heavy atom. The van der Waals surface area contributed by atoms with Crippen LogP contribution in [-0.2, 0) is 23.0 Å². The Morgan fingerprint density at radius 2 is 2.10 bits per heavy atom. The molecule has 2 heterocycles. The molecule has 0 saturated heterocycles. The lowest BCUT2D eigenvalue weighted by Gasteiger charge is -2.20. The number of aromatic nitrogens is 1. The third-order valence-corrected chi connectivity index (χ3v) is 4.68. The van der Waals surface area contributed by atoms with Crippen molar-refractivity contribution in [3.8, 4) is 0 Å². The van der Waals surface area contributed by atoms with Gasteiger partial charge in [-0.25, -0.2) is 8.42 Å². The van der Waals surface area contributed by atoms with Gasteiger partial charge < -0.3 is 5.32 Å². The third-order valence-electron chi connectivity index (χ3n) is 3.33. The average Bonchev–Trinajstić information content (AvgIpc) is 2.48. The van der Waals surface area contributed by atoms with Crippen LogP contribution in [-0.4, -0.2) is 19.9 Å². The Balaban J connectivity index is 1.96. The minimum atomic E-state index is -3.58. The minimum Gasteiger partial charge on any atom is -0.312 e. The van der Waals surface area contributed by atoms with Crippen molar-refractivity contribution in [2.45, 2.75) is 17.9 Å². The van der Waals surface area contributed by atoms with Crippen LogP contribution in [0, 0.1) is 0 Å². The Bertz CT molecular complexity index is 714. The average molecular weight is 289 g/mol. The van der Waals surface area contributed by atoms with Crippen LogP contribution in [0.2, 0.25) is 0 Å². The Kier molecular flexibility index (Phi) is 3.42. The molecule has 0 atom stereocenters. The van der Waals surface area contributed by atoms with Gasteiger partial charge in [0.2, 0.25) is 0 Å². The topological polar surface area (TPSA) is 71.1 Å². The van der Waals surface area contributed by atoms with Gasteiger partial charge in [0.25, 0.3) is 10.0 Å². The molecule has 1 aliphatic heterocycles. The molecule has 104 valence electrons. The van der Waals surface area contributed by atoms with E-state index in [1.165, 1.54) is 12.3 Å². The third kappa shape index (κ3) is 2.52. The molecule has 0 amide bonds. The zero-order valence-electron chi connectivity index (χ0n) is 10.8. The molecule has 2 N–H and O–H groups in total. The first-order valence-corrected chi connectivity index (χ1v) is 7.89. The molecule has 0 bridgehead atoms. The second-order valence-corrected chi connectivity index (χ2v) is 6.35. The normalized spacial score (nSPS) is 14.6. The maximum absolute atomic E-state index is 12.3. The van der Waals surface area contributed by atoms with E-state index in [0.717, 1.165) is 30.6 Å². The number of hydrogen-bond acceptors (Lipinski definition) is 4. The summed E-state index contributed by atoms with van der Waals surface area (Å²) in [7, 11) is -3.58. The first kappa shape index (κ1) is 13.1. The summed E-state index contributed by atoms with van der Waals surface area (Å²) in [4.78, 5) is 4.02. The van der Waals surface area contributed by atoms with Crippen molar-refractivity contribution in [2.24, 2.45) is 0 Å². The van der Waals surface area contributed by atoms with Gasteiger partial charge in [0, 0.05) is 18.9 Å². The minimum absolute atomic E-state index is 0.173. The van der Waals surface area contributed by atoms with Crippen molar-refractivity contribution in [3.63, 3.8) is 0 Å². The molecule has 5 nitrogen and oxygen atoms in total. The molecule has 0 fully saturated rings. The molecule has 3 rings (SSSR count). The molecule has 2 aromatic rings. The highest BCUT2D eigenvalue weighted by molar-refractivity contribution is 7.92. The molecule has 1 aromatic carbocycles. The van der Waals surface area contributed by atoms with Crippen LogP contribution in [0.25, 0.3) is 0 Å². The number of rotatable bonds is 3. The lowest BCUT2D eigenvalue weighted by Crippen LogP contribution is -2.25. The molecule has 0 unspecified atom stereocenters. The molecule has 0 spiro atoms. The van der Waals surface area contributed by atoms with Gasteiger partial charge in [-0.15, -0.1) is 0 Å². The fraction of sp³-hybridized carbons (Fsp3) is 0.214. The summed E-state index contributed by atoms with van der Waals surface area (Å²) in [6.45, 7) is 1.64. The highest BCUT2D eigenvalue weighted by atomic mass is 32.2. The van der Waals surface area contributed by atoms with Gasteiger partial charge in [0.05, 0.1) is 5.69 Å². The van der Waals surface area contributed by atoms with Crippen molar-refractivity contribution in [2.75, 3.05) is 11.3 Å². The number of sulfonamides is 1. The van der Waals surface area contributed by atoms with Crippen molar-refractivity contribution in [1.82, 2.24) is 10.3 Å². The maximum Gasteiger partial charge on any atom is 0.263 e. The van der Waals surface area contributed by atoms with E-state index >= 15 is 0 Å². The first-order valence-electron chi connectivity index (χ1n) is 6.41.